The Labute approximate surface area is 199 Å². The number of rotatable bonds is 8. The number of nitriles is 1. The number of pyridine rings is 1. The van der Waals surface area contributed by atoms with E-state index in [1.807, 2.05) is 22.4 Å². The average Bonchev–Trinajstić information content (AvgIpc) is 3.31. The van der Waals surface area contributed by atoms with Crippen LogP contribution in [0.4, 0.5) is 10.9 Å². The van der Waals surface area contributed by atoms with Gasteiger partial charge < -0.3 is 15.0 Å². The molecule has 4 rings (SSSR count). The van der Waals surface area contributed by atoms with E-state index in [4.69, 9.17) is 15.0 Å². The molecule has 1 amide bonds. The summed E-state index contributed by atoms with van der Waals surface area (Å²) in [5.41, 5.74) is 1.51. The molecule has 2 fully saturated rings. The monoisotopic (exact) mass is 468 g/mol. The van der Waals surface area contributed by atoms with Gasteiger partial charge in [-0.05, 0) is 50.8 Å². The quantitative estimate of drug-likeness (QED) is 0.585. The maximum Gasteiger partial charge on any atom is 0.273 e. The molecule has 2 aromatic heterocycles. The molecular formula is C24H32N6O2S. The molecule has 0 aromatic carbocycles. The zero-order valence-corrected chi connectivity index (χ0v) is 20.0. The first kappa shape index (κ1) is 23.6. The van der Waals surface area contributed by atoms with Crippen LogP contribution in [0.15, 0.2) is 23.6 Å². The van der Waals surface area contributed by atoms with Crippen molar-refractivity contribution in [1.29, 1.82) is 5.26 Å². The van der Waals surface area contributed by atoms with E-state index in [0.29, 0.717) is 36.4 Å². The number of carbonyl (C=O) groups is 1. The van der Waals surface area contributed by atoms with Crippen LogP contribution in [0.25, 0.3) is 0 Å². The first-order valence-corrected chi connectivity index (χ1v) is 12.7. The van der Waals surface area contributed by atoms with Crippen molar-refractivity contribution in [2.24, 2.45) is 0 Å². The van der Waals surface area contributed by atoms with Crippen molar-refractivity contribution in [3.63, 3.8) is 0 Å². The van der Waals surface area contributed by atoms with Crippen LogP contribution < -0.4 is 5.32 Å². The van der Waals surface area contributed by atoms with Gasteiger partial charge >= 0.3 is 0 Å². The highest BCUT2D eigenvalue weighted by Gasteiger charge is 2.26. The summed E-state index contributed by atoms with van der Waals surface area (Å²) >= 11 is 1.42. The topological polar surface area (TPSA) is 94.4 Å². The lowest BCUT2D eigenvalue weighted by atomic mass is 9.94. The molecule has 33 heavy (non-hydrogen) atoms. The molecule has 9 heteroatoms. The number of carbonyl (C=O) groups excluding carboxylic acids is 1. The van der Waals surface area contributed by atoms with Crippen LogP contribution in [-0.2, 0) is 4.74 Å². The second-order valence-electron chi connectivity index (χ2n) is 8.71. The number of hydrogen-bond donors (Lipinski definition) is 1. The summed E-state index contributed by atoms with van der Waals surface area (Å²) in [5.74, 6) is 1.04. The van der Waals surface area contributed by atoms with E-state index in [9.17, 15) is 4.79 Å². The molecule has 2 aliphatic heterocycles. The number of nitrogens with zero attached hydrogens (tertiary/aromatic N) is 5. The molecule has 1 atom stereocenters. The Morgan fingerprint density at radius 3 is 2.91 bits per heavy atom. The van der Waals surface area contributed by atoms with Crippen LogP contribution in [-0.4, -0.2) is 71.1 Å². The third-order valence-electron chi connectivity index (χ3n) is 6.23. The Balaban J connectivity index is 1.34. The van der Waals surface area contributed by atoms with Gasteiger partial charge in [0, 0.05) is 43.2 Å². The molecule has 2 aliphatic rings. The average molecular weight is 469 g/mol. The molecule has 0 aliphatic carbocycles. The predicted octanol–water partition coefficient (Wildman–Crippen LogP) is 4.02. The highest BCUT2D eigenvalue weighted by molar-refractivity contribution is 7.14. The molecule has 0 radical (unpaired) electrons. The molecule has 8 nitrogen and oxygen atoms in total. The van der Waals surface area contributed by atoms with Crippen LogP contribution in [0, 0.1) is 11.3 Å². The number of anilines is 2. The molecule has 0 unspecified atom stereocenters. The van der Waals surface area contributed by atoms with Gasteiger partial charge in [0.15, 0.2) is 5.13 Å². The second kappa shape index (κ2) is 11.5. The fraction of sp³-hybridized carbons (Fsp3) is 0.583. The second-order valence-corrected chi connectivity index (χ2v) is 9.56. The summed E-state index contributed by atoms with van der Waals surface area (Å²) in [5, 5.41) is 14.7. The smallest absolute Gasteiger partial charge is 0.273 e. The highest BCUT2D eigenvalue weighted by atomic mass is 32.1. The van der Waals surface area contributed by atoms with E-state index in [2.05, 4.69) is 34.3 Å². The standard InChI is InChI=1S/C24H32N6O2S/c1-2-15-32-19-8-12-30(13-9-19)23(31)21-17-33-24(27-21)28-22-7-3-6-20(26-22)18-5-4-11-29(16-18)14-10-25/h3,6-7,17-19H,2,4-5,8-9,11-16H2,1H3,(H,26,27,28)/t18-/m0/s1. The van der Waals surface area contributed by atoms with Crippen LogP contribution in [0.5, 0.6) is 0 Å². The van der Waals surface area contributed by atoms with Crippen molar-refractivity contribution < 1.29 is 9.53 Å². The zero-order chi connectivity index (χ0) is 23.0. The molecule has 0 spiro atoms. The van der Waals surface area contributed by atoms with Gasteiger partial charge in [0.25, 0.3) is 5.91 Å². The fourth-order valence-electron chi connectivity index (χ4n) is 4.50. The molecular weight excluding hydrogens is 436 g/mol. The summed E-state index contributed by atoms with van der Waals surface area (Å²) in [6.07, 6.45) is 5.19. The van der Waals surface area contributed by atoms with E-state index in [1.54, 1.807) is 0 Å². The van der Waals surface area contributed by atoms with Crippen LogP contribution >= 0.6 is 11.3 Å². The summed E-state index contributed by atoms with van der Waals surface area (Å²) in [6.45, 7) is 6.62. The van der Waals surface area contributed by atoms with Gasteiger partial charge in [-0.2, -0.15) is 5.26 Å². The number of ether oxygens (including phenoxy) is 1. The normalized spacial score (nSPS) is 19.9. The Kier molecular flexibility index (Phi) is 8.26. The fourth-order valence-corrected chi connectivity index (χ4v) is 5.19. The van der Waals surface area contributed by atoms with E-state index >= 15 is 0 Å². The van der Waals surface area contributed by atoms with Crippen molar-refractivity contribution >= 4 is 28.2 Å². The summed E-state index contributed by atoms with van der Waals surface area (Å²) in [6, 6.07) is 8.22. The third kappa shape index (κ3) is 6.28. The largest absolute Gasteiger partial charge is 0.378 e. The number of likely N-dealkylation sites (tertiary alicyclic amines) is 2. The summed E-state index contributed by atoms with van der Waals surface area (Å²) in [4.78, 5) is 26.3. The molecule has 0 bridgehead atoms. The number of piperidine rings is 2. The van der Waals surface area contributed by atoms with E-state index < -0.39 is 0 Å². The van der Waals surface area contributed by atoms with E-state index in [1.165, 1.54) is 11.3 Å². The lowest BCUT2D eigenvalue weighted by Crippen LogP contribution is -2.41. The summed E-state index contributed by atoms with van der Waals surface area (Å²) in [7, 11) is 0. The Bertz CT molecular complexity index is 966. The lowest BCUT2D eigenvalue weighted by molar-refractivity contribution is 0.00887. The van der Waals surface area contributed by atoms with E-state index in [0.717, 1.165) is 63.3 Å². The zero-order valence-electron chi connectivity index (χ0n) is 19.2. The van der Waals surface area contributed by atoms with Crippen LogP contribution in [0.1, 0.15) is 61.1 Å². The van der Waals surface area contributed by atoms with E-state index in [-0.39, 0.29) is 12.0 Å². The van der Waals surface area contributed by atoms with Gasteiger partial charge in [-0.1, -0.05) is 13.0 Å². The first-order valence-electron chi connectivity index (χ1n) is 11.9. The van der Waals surface area contributed by atoms with Crippen LogP contribution in [0.3, 0.4) is 0 Å². The number of hydrogen-bond acceptors (Lipinski definition) is 8. The van der Waals surface area contributed by atoms with Gasteiger partial charge in [0.05, 0.1) is 18.7 Å². The Morgan fingerprint density at radius 1 is 1.27 bits per heavy atom. The molecule has 1 N–H and O–H groups in total. The SMILES string of the molecule is CCCOC1CCN(C(=O)c2csc(Nc3cccc([C@H]4CCCN(CC#N)C4)n3)n2)CC1. The number of nitrogens with one attached hydrogen (secondary N) is 1. The third-order valence-corrected chi connectivity index (χ3v) is 6.99. The minimum absolute atomic E-state index is 0.0188. The minimum atomic E-state index is -0.0188. The maximum atomic E-state index is 12.9. The van der Waals surface area contributed by atoms with Gasteiger partial charge in [-0.15, -0.1) is 11.3 Å². The molecule has 176 valence electrons. The highest BCUT2D eigenvalue weighted by Crippen LogP contribution is 2.28. The molecule has 0 saturated carbocycles. The van der Waals surface area contributed by atoms with Crippen molar-refractivity contribution in [2.75, 3.05) is 44.6 Å². The van der Waals surface area contributed by atoms with Crippen molar-refractivity contribution in [2.45, 2.75) is 51.0 Å². The Hall–Kier alpha value is -2.54. The first-order chi connectivity index (χ1) is 16.2. The number of amides is 1. The Morgan fingerprint density at radius 2 is 2.12 bits per heavy atom. The number of aromatic nitrogens is 2. The van der Waals surface area contributed by atoms with Gasteiger partial charge in [0.2, 0.25) is 0 Å². The minimum Gasteiger partial charge on any atom is -0.378 e. The molecule has 4 heterocycles. The number of thiazole rings is 1. The van der Waals surface area contributed by atoms with Crippen molar-refractivity contribution in [1.82, 2.24) is 19.8 Å². The van der Waals surface area contributed by atoms with Crippen molar-refractivity contribution in [3.05, 3.63) is 35.0 Å². The van der Waals surface area contributed by atoms with Gasteiger partial charge in [-0.3, -0.25) is 9.69 Å². The van der Waals surface area contributed by atoms with Crippen LogP contribution in [0.2, 0.25) is 0 Å². The lowest BCUT2D eigenvalue weighted by Gasteiger charge is -2.31. The molecule has 2 aromatic rings. The van der Waals surface area contributed by atoms with Crippen molar-refractivity contribution in [3.8, 4) is 6.07 Å². The molecule has 2 saturated heterocycles. The summed E-state index contributed by atoms with van der Waals surface area (Å²) < 4.78 is 5.82. The van der Waals surface area contributed by atoms with Gasteiger partial charge in [0.1, 0.15) is 11.5 Å². The van der Waals surface area contributed by atoms with Gasteiger partial charge in [-0.25, -0.2) is 9.97 Å². The maximum absolute atomic E-state index is 12.9. The predicted molar refractivity (Wildman–Crippen MR) is 129 cm³/mol.